The fourth-order valence-electron chi connectivity index (χ4n) is 0.988. The van der Waals surface area contributed by atoms with Crippen molar-refractivity contribution in [3.8, 4) is 0 Å². The number of hydrogen-bond donors (Lipinski definition) is 1. The highest BCUT2D eigenvalue weighted by molar-refractivity contribution is 8.01. The first-order valence-electron chi connectivity index (χ1n) is 4.03. The Labute approximate surface area is 94.0 Å². The van der Waals surface area contributed by atoms with Crippen LogP contribution >= 0.6 is 23.1 Å². The number of thiazole rings is 1. The van der Waals surface area contributed by atoms with Crippen LogP contribution in [0.25, 0.3) is 0 Å². The van der Waals surface area contributed by atoms with E-state index in [2.05, 4.69) is 9.97 Å². The summed E-state index contributed by atoms with van der Waals surface area (Å²) in [7, 11) is 0. The van der Waals surface area contributed by atoms with Crippen molar-refractivity contribution in [2.24, 2.45) is 0 Å². The zero-order valence-corrected chi connectivity index (χ0v) is 9.09. The molecule has 0 saturated heterocycles. The van der Waals surface area contributed by atoms with Gasteiger partial charge in [-0.1, -0.05) is 11.8 Å². The van der Waals surface area contributed by atoms with Crippen LogP contribution in [0.5, 0.6) is 0 Å². The number of hydrogen-bond acceptors (Lipinski definition) is 5. The van der Waals surface area contributed by atoms with Crippen LogP contribution in [0.15, 0.2) is 39.1 Å². The van der Waals surface area contributed by atoms with E-state index >= 15 is 0 Å². The summed E-state index contributed by atoms with van der Waals surface area (Å²) in [5.74, 6) is -1.02. The molecule has 2 heterocycles. The lowest BCUT2D eigenvalue weighted by Crippen LogP contribution is -2.01. The molecule has 1 N–H and O–H groups in total. The fourth-order valence-corrected chi connectivity index (χ4v) is 2.66. The van der Waals surface area contributed by atoms with E-state index in [4.69, 9.17) is 5.11 Å². The molecule has 15 heavy (non-hydrogen) atoms. The Morgan fingerprint density at radius 2 is 2.27 bits per heavy atom. The first-order valence-corrected chi connectivity index (χ1v) is 5.72. The summed E-state index contributed by atoms with van der Waals surface area (Å²) in [4.78, 5) is 19.4. The average Bonchev–Trinajstić information content (AvgIpc) is 2.71. The maximum absolute atomic E-state index is 10.9. The Morgan fingerprint density at radius 1 is 1.40 bits per heavy atom. The summed E-state index contributed by atoms with van der Waals surface area (Å²) < 4.78 is 0.811. The minimum absolute atomic E-state index is 0.0673. The number of pyridine rings is 1. The van der Waals surface area contributed by atoms with Gasteiger partial charge >= 0.3 is 5.97 Å². The standard InChI is InChI=1S/C9H6N2O2S2/c12-8(13)7-6(2-1-3-10-7)15-9-11-4-5-14-9/h1-5H,(H,12,13). The van der Waals surface area contributed by atoms with Crippen molar-refractivity contribution in [3.05, 3.63) is 35.6 Å². The zero-order chi connectivity index (χ0) is 10.7. The lowest BCUT2D eigenvalue weighted by atomic mass is 10.3. The summed E-state index contributed by atoms with van der Waals surface area (Å²) in [6, 6.07) is 3.44. The van der Waals surface area contributed by atoms with E-state index in [1.165, 1.54) is 29.3 Å². The van der Waals surface area contributed by atoms with Gasteiger partial charge in [0.05, 0.1) is 0 Å². The second-order valence-electron chi connectivity index (χ2n) is 2.56. The Bertz CT molecular complexity index is 471. The van der Waals surface area contributed by atoms with Gasteiger partial charge in [-0.25, -0.2) is 14.8 Å². The predicted octanol–water partition coefficient (Wildman–Crippen LogP) is 2.39. The molecule has 2 rings (SSSR count). The predicted molar refractivity (Wildman–Crippen MR) is 57.4 cm³/mol. The maximum atomic E-state index is 10.9. The van der Waals surface area contributed by atoms with E-state index in [0.29, 0.717) is 4.90 Å². The lowest BCUT2D eigenvalue weighted by Gasteiger charge is -2.00. The van der Waals surface area contributed by atoms with Crippen LogP contribution in [0.1, 0.15) is 10.5 Å². The molecule has 2 aromatic rings. The van der Waals surface area contributed by atoms with Crippen LogP contribution < -0.4 is 0 Å². The molecule has 0 aliphatic heterocycles. The second-order valence-corrected chi connectivity index (χ2v) is 4.74. The Morgan fingerprint density at radius 3 is 2.93 bits per heavy atom. The normalized spacial score (nSPS) is 10.1. The Kier molecular flexibility index (Phi) is 2.98. The molecule has 0 saturated carbocycles. The molecule has 0 bridgehead atoms. The SMILES string of the molecule is O=C(O)c1ncccc1Sc1nccs1. The van der Waals surface area contributed by atoms with Crippen LogP contribution in [0.3, 0.4) is 0 Å². The molecule has 0 aliphatic carbocycles. The van der Waals surface area contributed by atoms with Gasteiger partial charge in [-0.3, -0.25) is 0 Å². The minimum Gasteiger partial charge on any atom is -0.476 e. The molecular formula is C9H6N2O2S2. The molecule has 6 heteroatoms. The van der Waals surface area contributed by atoms with Gasteiger partial charge in [0, 0.05) is 22.7 Å². The molecule has 0 aromatic carbocycles. The number of rotatable bonds is 3. The van der Waals surface area contributed by atoms with Gasteiger partial charge in [0.15, 0.2) is 10.0 Å². The number of aromatic nitrogens is 2. The first kappa shape index (κ1) is 10.1. The summed E-state index contributed by atoms with van der Waals surface area (Å²) in [5, 5.41) is 10.7. The second kappa shape index (κ2) is 4.41. The summed E-state index contributed by atoms with van der Waals surface area (Å²) in [5.41, 5.74) is 0.0673. The van der Waals surface area contributed by atoms with Gasteiger partial charge in [-0.2, -0.15) is 0 Å². The number of carbonyl (C=O) groups is 1. The maximum Gasteiger partial charge on any atom is 0.355 e. The van der Waals surface area contributed by atoms with Gasteiger partial charge in [-0.05, 0) is 12.1 Å². The molecular weight excluding hydrogens is 232 g/mol. The third-order valence-corrected chi connectivity index (χ3v) is 3.51. The Hall–Kier alpha value is -1.40. The summed E-state index contributed by atoms with van der Waals surface area (Å²) in [6.07, 6.45) is 3.15. The molecule has 4 nitrogen and oxygen atoms in total. The van der Waals surface area contributed by atoms with Gasteiger partial charge in [-0.15, -0.1) is 11.3 Å². The van der Waals surface area contributed by atoms with Crippen LogP contribution in [-0.2, 0) is 0 Å². The summed E-state index contributed by atoms with van der Waals surface area (Å²) >= 11 is 2.78. The largest absolute Gasteiger partial charge is 0.476 e. The monoisotopic (exact) mass is 238 g/mol. The van der Waals surface area contributed by atoms with Crippen LogP contribution in [0, 0.1) is 0 Å². The molecule has 0 fully saturated rings. The van der Waals surface area contributed by atoms with Gasteiger partial charge < -0.3 is 5.11 Å². The quantitative estimate of drug-likeness (QED) is 0.889. The molecule has 0 spiro atoms. The van der Waals surface area contributed by atoms with Crippen molar-refractivity contribution in [1.82, 2.24) is 9.97 Å². The Balaban J connectivity index is 2.32. The van der Waals surface area contributed by atoms with Crippen molar-refractivity contribution < 1.29 is 9.90 Å². The van der Waals surface area contributed by atoms with E-state index in [1.54, 1.807) is 18.3 Å². The van der Waals surface area contributed by atoms with E-state index < -0.39 is 5.97 Å². The van der Waals surface area contributed by atoms with E-state index in [9.17, 15) is 4.79 Å². The van der Waals surface area contributed by atoms with Crippen molar-refractivity contribution in [3.63, 3.8) is 0 Å². The molecule has 0 atom stereocenters. The van der Waals surface area contributed by atoms with Crippen molar-refractivity contribution in [2.75, 3.05) is 0 Å². The van der Waals surface area contributed by atoms with Gasteiger partial charge in [0.1, 0.15) is 0 Å². The number of carboxylic acids is 1. The molecule has 2 aromatic heterocycles. The van der Waals surface area contributed by atoms with Crippen LogP contribution in [0.2, 0.25) is 0 Å². The number of nitrogens with zero attached hydrogens (tertiary/aromatic N) is 2. The molecule has 0 aliphatic rings. The highest BCUT2D eigenvalue weighted by atomic mass is 32.2. The van der Waals surface area contributed by atoms with Crippen molar-refractivity contribution in [1.29, 1.82) is 0 Å². The smallest absolute Gasteiger partial charge is 0.355 e. The topological polar surface area (TPSA) is 63.1 Å². The third-order valence-electron chi connectivity index (χ3n) is 1.58. The fraction of sp³-hybridized carbons (Fsp3) is 0. The molecule has 0 amide bonds. The zero-order valence-electron chi connectivity index (χ0n) is 7.45. The van der Waals surface area contributed by atoms with E-state index in [1.807, 2.05) is 5.38 Å². The van der Waals surface area contributed by atoms with Gasteiger partial charge in [0.2, 0.25) is 0 Å². The van der Waals surface area contributed by atoms with Gasteiger partial charge in [0.25, 0.3) is 0 Å². The van der Waals surface area contributed by atoms with Crippen molar-refractivity contribution >= 4 is 29.1 Å². The molecule has 0 radical (unpaired) electrons. The minimum atomic E-state index is -1.02. The van der Waals surface area contributed by atoms with Crippen molar-refractivity contribution in [2.45, 2.75) is 9.24 Å². The molecule has 0 unspecified atom stereocenters. The average molecular weight is 238 g/mol. The molecule has 76 valence electrons. The number of aromatic carboxylic acids is 1. The highest BCUT2D eigenvalue weighted by Crippen LogP contribution is 2.30. The first-order chi connectivity index (χ1) is 7.27. The van der Waals surface area contributed by atoms with E-state index in [0.717, 1.165) is 4.34 Å². The van der Waals surface area contributed by atoms with E-state index in [-0.39, 0.29) is 5.69 Å². The summed E-state index contributed by atoms with van der Waals surface area (Å²) in [6.45, 7) is 0. The number of carboxylic acid groups (broad SMARTS) is 1. The highest BCUT2D eigenvalue weighted by Gasteiger charge is 2.12. The third kappa shape index (κ3) is 2.34. The lowest BCUT2D eigenvalue weighted by molar-refractivity contribution is 0.0686. The van der Waals surface area contributed by atoms with Crippen LogP contribution in [0.4, 0.5) is 0 Å². The van der Waals surface area contributed by atoms with Crippen LogP contribution in [-0.4, -0.2) is 21.0 Å².